The predicted octanol–water partition coefficient (Wildman–Crippen LogP) is 2.54. The average molecular weight is 285 g/mol. The summed E-state index contributed by atoms with van der Waals surface area (Å²) in [5, 5.41) is 16.9. The third-order valence-electron chi connectivity index (χ3n) is 4.31. The Hall–Kier alpha value is -2.30. The maximum absolute atomic E-state index is 11.5. The molecule has 1 aromatic carbocycles. The number of hydrogen-bond acceptors (Lipinski definition) is 3. The minimum atomic E-state index is -0.704. The molecule has 1 saturated carbocycles. The van der Waals surface area contributed by atoms with Crippen molar-refractivity contribution in [2.75, 3.05) is 5.32 Å². The number of aromatic nitrogens is 2. The van der Waals surface area contributed by atoms with Gasteiger partial charge in [-0.1, -0.05) is 18.6 Å². The monoisotopic (exact) mass is 285 g/mol. The first-order valence-electron chi connectivity index (χ1n) is 7.15. The number of aliphatic carboxylic acids is 1. The predicted molar refractivity (Wildman–Crippen MR) is 80.1 cm³/mol. The molecule has 0 radical (unpaired) electrons. The zero-order valence-electron chi connectivity index (χ0n) is 12.0. The number of benzene rings is 1. The molecule has 5 nitrogen and oxygen atoms in total. The van der Waals surface area contributed by atoms with Crippen LogP contribution in [0.5, 0.6) is 0 Å². The van der Waals surface area contributed by atoms with E-state index in [0.717, 1.165) is 36.1 Å². The van der Waals surface area contributed by atoms with Gasteiger partial charge in [0.25, 0.3) is 0 Å². The summed E-state index contributed by atoms with van der Waals surface area (Å²) in [4.78, 5) is 11.5. The highest BCUT2D eigenvalue weighted by molar-refractivity contribution is 5.82. The first-order chi connectivity index (χ1) is 10.1. The fourth-order valence-electron chi connectivity index (χ4n) is 2.83. The maximum atomic E-state index is 11.5. The lowest BCUT2D eigenvalue weighted by Crippen LogP contribution is -2.42. The number of rotatable bonds is 5. The Morgan fingerprint density at radius 2 is 2.10 bits per heavy atom. The molecule has 21 heavy (non-hydrogen) atoms. The second-order valence-electron chi connectivity index (χ2n) is 5.69. The van der Waals surface area contributed by atoms with Gasteiger partial charge in [-0.3, -0.25) is 9.48 Å². The van der Waals surface area contributed by atoms with Crippen molar-refractivity contribution in [3.63, 3.8) is 0 Å². The van der Waals surface area contributed by atoms with Crippen LogP contribution in [0, 0.1) is 0 Å². The number of hydrogen-bond donors (Lipinski definition) is 2. The largest absolute Gasteiger partial charge is 0.481 e. The van der Waals surface area contributed by atoms with E-state index in [1.165, 1.54) is 0 Å². The van der Waals surface area contributed by atoms with Crippen LogP contribution in [0.25, 0.3) is 0 Å². The summed E-state index contributed by atoms with van der Waals surface area (Å²) in [5.41, 5.74) is 2.36. The second kappa shape index (κ2) is 5.24. The van der Waals surface area contributed by atoms with E-state index >= 15 is 0 Å². The molecule has 1 heterocycles. The van der Waals surface area contributed by atoms with E-state index in [9.17, 15) is 9.90 Å². The van der Waals surface area contributed by atoms with E-state index in [-0.39, 0.29) is 0 Å². The summed E-state index contributed by atoms with van der Waals surface area (Å²) >= 11 is 0. The highest BCUT2D eigenvalue weighted by Crippen LogP contribution is 2.44. The van der Waals surface area contributed by atoms with Crippen LogP contribution in [0.1, 0.15) is 30.4 Å². The van der Waals surface area contributed by atoms with Crippen LogP contribution in [0.4, 0.5) is 5.69 Å². The number of carboxylic acids is 1. The molecule has 0 unspecified atom stereocenters. The number of carbonyl (C=O) groups is 1. The summed E-state index contributed by atoms with van der Waals surface area (Å²) in [5.74, 6) is -0.704. The first kappa shape index (κ1) is 13.7. The summed E-state index contributed by atoms with van der Waals surface area (Å²) in [6.45, 7) is 0.706. The lowest BCUT2D eigenvalue weighted by Gasteiger charge is -2.38. The van der Waals surface area contributed by atoms with Crippen LogP contribution >= 0.6 is 0 Å². The van der Waals surface area contributed by atoms with Crippen LogP contribution in [0.15, 0.2) is 36.7 Å². The van der Waals surface area contributed by atoms with Gasteiger partial charge >= 0.3 is 5.97 Å². The minimum Gasteiger partial charge on any atom is -0.481 e. The van der Waals surface area contributed by atoms with Crippen molar-refractivity contribution in [2.24, 2.45) is 7.05 Å². The van der Waals surface area contributed by atoms with Gasteiger partial charge in [-0.2, -0.15) is 5.10 Å². The molecule has 0 bridgehead atoms. The molecule has 1 aliphatic carbocycles. The molecule has 2 aromatic rings. The van der Waals surface area contributed by atoms with Crippen LogP contribution in [-0.4, -0.2) is 20.9 Å². The molecule has 2 N–H and O–H groups in total. The van der Waals surface area contributed by atoms with Gasteiger partial charge in [0.05, 0.1) is 11.6 Å². The van der Waals surface area contributed by atoms with Crippen molar-refractivity contribution >= 4 is 11.7 Å². The highest BCUT2D eigenvalue weighted by Gasteiger charge is 2.45. The molecule has 110 valence electrons. The smallest absolute Gasteiger partial charge is 0.314 e. The third-order valence-corrected chi connectivity index (χ3v) is 4.31. The summed E-state index contributed by atoms with van der Waals surface area (Å²) in [7, 11) is 1.89. The van der Waals surface area contributed by atoms with Crippen LogP contribution < -0.4 is 5.32 Å². The molecule has 1 aliphatic rings. The Bertz CT molecular complexity index is 642. The van der Waals surface area contributed by atoms with Crippen molar-refractivity contribution in [2.45, 2.75) is 31.2 Å². The van der Waals surface area contributed by atoms with Crippen molar-refractivity contribution < 1.29 is 9.90 Å². The minimum absolute atomic E-state index is 0.651. The van der Waals surface area contributed by atoms with Gasteiger partial charge in [-0.25, -0.2) is 0 Å². The van der Waals surface area contributed by atoms with Crippen molar-refractivity contribution in [3.8, 4) is 0 Å². The number of nitrogens with zero attached hydrogens (tertiary/aromatic N) is 2. The molecule has 1 aromatic heterocycles. The SMILES string of the molecule is Cn1cc(CNc2ccc(C3(C(=O)O)CCC3)cc2)cn1. The molecule has 3 rings (SSSR count). The molecule has 0 amide bonds. The number of anilines is 1. The van der Waals surface area contributed by atoms with Crippen LogP contribution in [-0.2, 0) is 23.8 Å². The lowest BCUT2D eigenvalue weighted by molar-refractivity contribution is -0.147. The Morgan fingerprint density at radius 3 is 2.57 bits per heavy atom. The van der Waals surface area contributed by atoms with E-state index in [1.807, 2.05) is 43.7 Å². The van der Waals surface area contributed by atoms with Crippen molar-refractivity contribution in [1.29, 1.82) is 0 Å². The van der Waals surface area contributed by atoms with Crippen molar-refractivity contribution in [1.82, 2.24) is 9.78 Å². The number of nitrogens with one attached hydrogen (secondary N) is 1. The van der Waals surface area contributed by atoms with Crippen LogP contribution in [0.3, 0.4) is 0 Å². The third kappa shape index (κ3) is 2.51. The van der Waals surface area contributed by atoms with E-state index in [4.69, 9.17) is 0 Å². The highest BCUT2D eigenvalue weighted by atomic mass is 16.4. The second-order valence-corrected chi connectivity index (χ2v) is 5.69. The average Bonchev–Trinajstić information content (AvgIpc) is 2.82. The Kier molecular flexibility index (Phi) is 3.41. The van der Waals surface area contributed by atoms with Gasteiger partial charge in [-0.05, 0) is 30.5 Å². The van der Waals surface area contributed by atoms with E-state index in [1.54, 1.807) is 4.68 Å². The Morgan fingerprint density at radius 1 is 1.38 bits per heavy atom. The van der Waals surface area contributed by atoms with Gasteiger partial charge < -0.3 is 10.4 Å². The fraction of sp³-hybridized carbons (Fsp3) is 0.375. The summed E-state index contributed by atoms with van der Waals surface area (Å²) in [6.07, 6.45) is 6.27. The first-order valence-corrected chi connectivity index (χ1v) is 7.15. The van der Waals surface area contributed by atoms with Gasteiger partial charge in [0.15, 0.2) is 0 Å². The van der Waals surface area contributed by atoms with E-state index < -0.39 is 11.4 Å². The van der Waals surface area contributed by atoms with Crippen molar-refractivity contribution in [3.05, 3.63) is 47.8 Å². The molecular weight excluding hydrogens is 266 g/mol. The van der Waals surface area contributed by atoms with Gasteiger partial charge in [-0.15, -0.1) is 0 Å². The van der Waals surface area contributed by atoms with E-state index in [2.05, 4.69) is 10.4 Å². The standard InChI is InChI=1S/C16H19N3O2/c1-19-11-12(10-18-19)9-17-14-5-3-13(4-6-14)16(15(20)21)7-2-8-16/h3-6,10-11,17H,2,7-9H2,1H3,(H,20,21). The zero-order valence-corrected chi connectivity index (χ0v) is 12.0. The topological polar surface area (TPSA) is 67.2 Å². The molecule has 1 fully saturated rings. The molecule has 0 atom stereocenters. The quantitative estimate of drug-likeness (QED) is 0.886. The molecule has 0 aliphatic heterocycles. The lowest BCUT2D eigenvalue weighted by atomic mass is 9.64. The molecular formula is C16H19N3O2. The number of carboxylic acid groups (broad SMARTS) is 1. The van der Waals surface area contributed by atoms with E-state index in [0.29, 0.717) is 6.54 Å². The molecule has 5 heteroatoms. The Balaban J connectivity index is 1.68. The van der Waals surface area contributed by atoms with Gasteiger partial charge in [0.2, 0.25) is 0 Å². The summed E-state index contributed by atoms with van der Waals surface area (Å²) < 4.78 is 1.77. The molecule has 0 saturated heterocycles. The zero-order chi connectivity index (χ0) is 14.9. The molecule has 0 spiro atoms. The fourth-order valence-corrected chi connectivity index (χ4v) is 2.83. The van der Waals surface area contributed by atoms with Crippen LogP contribution in [0.2, 0.25) is 0 Å². The van der Waals surface area contributed by atoms with Gasteiger partial charge in [0, 0.05) is 31.0 Å². The number of aryl methyl sites for hydroxylation is 1. The maximum Gasteiger partial charge on any atom is 0.314 e. The normalized spacial score (nSPS) is 16.2. The summed E-state index contributed by atoms with van der Waals surface area (Å²) in [6, 6.07) is 7.77. The Labute approximate surface area is 123 Å². The van der Waals surface area contributed by atoms with Gasteiger partial charge in [0.1, 0.15) is 0 Å².